The summed E-state index contributed by atoms with van der Waals surface area (Å²) in [5, 5.41) is 0. The van der Waals surface area contributed by atoms with Crippen LogP contribution >= 0.6 is 0 Å². The van der Waals surface area contributed by atoms with Crippen molar-refractivity contribution >= 4 is 6.09 Å². The quantitative estimate of drug-likeness (QED) is 0.859. The lowest BCUT2D eigenvalue weighted by Gasteiger charge is -2.34. The van der Waals surface area contributed by atoms with Crippen molar-refractivity contribution in [3.05, 3.63) is 30.3 Å². The van der Waals surface area contributed by atoms with E-state index in [4.69, 9.17) is 14.2 Å². The zero-order valence-electron chi connectivity index (χ0n) is 12.9. The lowest BCUT2D eigenvalue weighted by molar-refractivity contribution is -0.0557. The highest BCUT2D eigenvalue weighted by atomic mass is 16.6. The first-order valence-corrected chi connectivity index (χ1v) is 7.21. The van der Waals surface area contributed by atoms with E-state index in [1.165, 1.54) is 0 Å². The molecule has 1 heterocycles. The minimum atomic E-state index is -0.481. The van der Waals surface area contributed by atoms with Crippen LogP contribution < -0.4 is 4.74 Å². The zero-order valence-corrected chi connectivity index (χ0v) is 12.9. The summed E-state index contributed by atoms with van der Waals surface area (Å²) in [6, 6.07) is 9.57. The number of para-hydroxylation sites is 1. The minimum Gasteiger partial charge on any atom is -0.491 e. The number of ether oxygens (including phenoxy) is 3. The van der Waals surface area contributed by atoms with Crippen LogP contribution in [0.4, 0.5) is 4.79 Å². The van der Waals surface area contributed by atoms with E-state index in [0.29, 0.717) is 26.3 Å². The van der Waals surface area contributed by atoms with E-state index in [-0.39, 0.29) is 12.2 Å². The predicted octanol–water partition coefficient (Wildman–Crippen LogP) is 2.70. The van der Waals surface area contributed by atoms with Crippen molar-refractivity contribution in [2.24, 2.45) is 0 Å². The van der Waals surface area contributed by atoms with Gasteiger partial charge >= 0.3 is 6.09 Å². The van der Waals surface area contributed by atoms with E-state index in [1.54, 1.807) is 4.90 Å². The number of carbonyl (C=O) groups excluding carboxylic acids is 1. The summed E-state index contributed by atoms with van der Waals surface area (Å²) >= 11 is 0. The summed E-state index contributed by atoms with van der Waals surface area (Å²) in [7, 11) is 0. The Morgan fingerprint density at radius 3 is 2.71 bits per heavy atom. The summed E-state index contributed by atoms with van der Waals surface area (Å²) < 4.78 is 16.7. The maximum atomic E-state index is 12.0. The van der Waals surface area contributed by atoms with Crippen LogP contribution in [0.15, 0.2) is 30.3 Å². The summed E-state index contributed by atoms with van der Waals surface area (Å²) in [5.74, 6) is 0.801. The first-order chi connectivity index (χ1) is 9.94. The highest BCUT2D eigenvalue weighted by molar-refractivity contribution is 5.68. The molecule has 1 aliphatic rings. The highest BCUT2D eigenvalue weighted by Crippen LogP contribution is 2.14. The van der Waals surface area contributed by atoms with Gasteiger partial charge in [-0.15, -0.1) is 0 Å². The lowest BCUT2D eigenvalue weighted by Crippen LogP contribution is -2.49. The average molecular weight is 293 g/mol. The molecule has 2 rings (SSSR count). The number of amides is 1. The maximum absolute atomic E-state index is 12.0. The van der Waals surface area contributed by atoms with Crippen molar-refractivity contribution in [1.29, 1.82) is 0 Å². The van der Waals surface area contributed by atoms with E-state index in [1.807, 2.05) is 51.1 Å². The standard InChI is InChI=1S/C16H23NO4/c1-16(2,3)21-15(18)17-9-10-19-14(11-17)12-20-13-7-5-4-6-8-13/h4-8,14H,9-12H2,1-3H3. The van der Waals surface area contributed by atoms with Crippen LogP contribution in [0.1, 0.15) is 20.8 Å². The topological polar surface area (TPSA) is 48.0 Å². The molecule has 0 spiro atoms. The van der Waals surface area contributed by atoms with Gasteiger partial charge in [0, 0.05) is 6.54 Å². The number of hydrogen-bond acceptors (Lipinski definition) is 4. The molecule has 0 N–H and O–H groups in total. The molecule has 0 aliphatic carbocycles. The third kappa shape index (κ3) is 5.27. The van der Waals surface area contributed by atoms with Crippen LogP contribution in [-0.2, 0) is 9.47 Å². The van der Waals surface area contributed by atoms with E-state index >= 15 is 0 Å². The van der Waals surface area contributed by atoms with Gasteiger partial charge in [0.1, 0.15) is 24.1 Å². The van der Waals surface area contributed by atoms with Crippen LogP contribution in [0, 0.1) is 0 Å². The normalized spacial score (nSPS) is 19.2. The molecule has 0 radical (unpaired) electrons. The van der Waals surface area contributed by atoms with Crippen molar-refractivity contribution in [1.82, 2.24) is 4.90 Å². The van der Waals surface area contributed by atoms with Gasteiger partial charge in [-0.25, -0.2) is 4.79 Å². The molecule has 0 bridgehead atoms. The molecule has 5 heteroatoms. The molecule has 5 nitrogen and oxygen atoms in total. The van der Waals surface area contributed by atoms with Gasteiger partial charge < -0.3 is 19.1 Å². The van der Waals surface area contributed by atoms with Gasteiger partial charge in [0.25, 0.3) is 0 Å². The Labute approximate surface area is 125 Å². The van der Waals surface area contributed by atoms with Gasteiger partial charge in [-0.05, 0) is 32.9 Å². The Morgan fingerprint density at radius 1 is 1.33 bits per heavy atom. The van der Waals surface area contributed by atoms with E-state index in [0.717, 1.165) is 5.75 Å². The molecule has 1 aromatic carbocycles. The largest absolute Gasteiger partial charge is 0.491 e. The first-order valence-electron chi connectivity index (χ1n) is 7.21. The molecule has 1 aliphatic heterocycles. The maximum Gasteiger partial charge on any atom is 0.410 e. The van der Waals surface area contributed by atoms with E-state index in [9.17, 15) is 4.79 Å². The fourth-order valence-electron chi connectivity index (χ4n) is 2.02. The number of rotatable bonds is 3. The lowest BCUT2D eigenvalue weighted by atomic mass is 10.2. The Morgan fingerprint density at radius 2 is 2.05 bits per heavy atom. The SMILES string of the molecule is CC(C)(C)OC(=O)N1CCOC(COc2ccccc2)C1. The van der Waals surface area contributed by atoms with Crippen LogP contribution in [-0.4, -0.2) is 49.0 Å². The second-order valence-electron chi connectivity index (χ2n) is 6.04. The molecule has 1 saturated heterocycles. The van der Waals surface area contributed by atoms with Gasteiger partial charge in [0.05, 0.1) is 13.2 Å². The Kier molecular flexibility index (Phi) is 5.07. The molecular formula is C16H23NO4. The Balaban J connectivity index is 1.82. The van der Waals surface area contributed by atoms with E-state index in [2.05, 4.69) is 0 Å². The van der Waals surface area contributed by atoms with Gasteiger partial charge in [0.2, 0.25) is 0 Å². The molecule has 21 heavy (non-hydrogen) atoms. The molecule has 1 fully saturated rings. The van der Waals surface area contributed by atoms with Gasteiger partial charge in [-0.1, -0.05) is 18.2 Å². The molecular weight excluding hydrogens is 270 g/mol. The molecule has 1 unspecified atom stereocenters. The van der Waals surface area contributed by atoms with Gasteiger partial charge in [0.15, 0.2) is 0 Å². The molecule has 0 saturated carbocycles. The second-order valence-corrected chi connectivity index (χ2v) is 6.04. The van der Waals surface area contributed by atoms with Crippen molar-refractivity contribution in [2.75, 3.05) is 26.3 Å². The number of carbonyl (C=O) groups is 1. The fraction of sp³-hybridized carbons (Fsp3) is 0.562. The summed E-state index contributed by atoms with van der Waals surface area (Å²) in [5.41, 5.74) is -0.481. The Hall–Kier alpha value is -1.75. The zero-order chi connectivity index (χ0) is 15.3. The monoisotopic (exact) mass is 293 g/mol. The van der Waals surface area contributed by atoms with Crippen molar-refractivity contribution in [3.63, 3.8) is 0 Å². The molecule has 116 valence electrons. The molecule has 1 atom stereocenters. The van der Waals surface area contributed by atoms with Gasteiger partial charge in [-0.3, -0.25) is 0 Å². The van der Waals surface area contributed by atoms with Gasteiger partial charge in [-0.2, -0.15) is 0 Å². The summed E-state index contributed by atoms with van der Waals surface area (Å²) in [6.07, 6.45) is -0.429. The fourth-order valence-corrected chi connectivity index (χ4v) is 2.02. The van der Waals surface area contributed by atoms with Crippen LogP contribution in [0.5, 0.6) is 5.75 Å². The third-order valence-electron chi connectivity index (χ3n) is 2.97. The summed E-state index contributed by atoms with van der Waals surface area (Å²) in [4.78, 5) is 13.7. The van der Waals surface area contributed by atoms with Crippen LogP contribution in [0.2, 0.25) is 0 Å². The third-order valence-corrected chi connectivity index (χ3v) is 2.97. The molecule has 1 amide bonds. The average Bonchev–Trinajstić information content (AvgIpc) is 2.45. The van der Waals surface area contributed by atoms with E-state index < -0.39 is 5.60 Å². The number of benzene rings is 1. The van der Waals surface area contributed by atoms with Crippen LogP contribution in [0.3, 0.4) is 0 Å². The number of nitrogens with zero attached hydrogens (tertiary/aromatic N) is 1. The van der Waals surface area contributed by atoms with Crippen molar-refractivity contribution in [2.45, 2.75) is 32.5 Å². The Bertz CT molecular complexity index is 455. The first kappa shape index (κ1) is 15.6. The molecule has 1 aromatic rings. The number of morpholine rings is 1. The minimum absolute atomic E-state index is 0.133. The van der Waals surface area contributed by atoms with Crippen molar-refractivity contribution in [3.8, 4) is 5.75 Å². The number of hydrogen-bond donors (Lipinski definition) is 0. The predicted molar refractivity (Wildman–Crippen MR) is 79.5 cm³/mol. The highest BCUT2D eigenvalue weighted by Gasteiger charge is 2.28. The summed E-state index contributed by atoms with van der Waals surface area (Å²) in [6.45, 7) is 7.55. The molecule has 0 aromatic heterocycles. The van der Waals surface area contributed by atoms with Crippen molar-refractivity contribution < 1.29 is 19.0 Å². The second kappa shape index (κ2) is 6.80. The smallest absolute Gasteiger partial charge is 0.410 e. The van der Waals surface area contributed by atoms with Crippen LogP contribution in [0.25, 0.3) is 0 Å².